The average Bonchev–Trinajstić information content (AvgIpc) is 3.71. The van der Waals surface area contributed by atoms with Gasteiger partial charge >= 0.3 is 5.97 Å². The fraction of sp³-hybridized carbons (Fsp3) is 0.194. The van der Waals surface area contributed by atoms with Gasteiger partial charge in [0.25, 0.3) is 0 Å². The molecule has 186 valence electrons. The largest absolute Gasteiger partial charge is 0.477 e. The maximum Gasteiger partial charge on any atom is 0.346 e. The molecule has 2 aromatic heterocycles. The molecule has 3 heterocycles. The number of nitriles is 1. The Labute approximate surface area is 227 Å². The average molecular weight is 535 g/mol. The van der Waals surface area contributed by atoms with Crippen LogP contribution in [0, 0.1) is 18.3 Å². The van der Waals surface area contributed by atoms with Crippen molar-refractivity contribution in [2.24, 2.45) is 0 Å². The Kier molecular flexibility index (Phi) is 5.19. The zero-order valence-electron chi connectivity index (χ0n) is 20.5. The van der Waals surface area contributed by atoms with Crippen LogP contribution in [0.5, 0.6) is 0 Å². The third-order valence-electron chi connectivity index (χ3n) is 7.91. The number of carboxylic acids is 1. The van der Waals surface area contributed by atoms with Gasteiger partial charge in [-0.05, 0) is 73.4 Å². The van der Waals surface area contributed by atoms with Crippen molar-refractivity contribution in [1.82, 2.24) is 0 Å². The maximum atomic E-state index is 13.2. The number of carboxylic acid groups (broad SMARTS) is 1. The van der Waals surface area contributed by atoms with Gasteiger partial charge in [0.1, 0.15) is 11.6 Å². The summed E-state index contributed by atoms with van der Waals surface area (Å²) in [6.45, 7) is 2.12. The molecule has 4 aromatic rings. The zero-order chi connectivity index (χ0) is 26.1. The molecular formula is C31H22N2O3S2. The Morgan fingerprint density at radius 3 is 2.58 bits per heavy atom. The number of hydrogen-bond acceptors (Lipinski definition) is 6. The molecule has 3 aliphatic rings. The van der Waals surface area contributed by atoms with Crippen LogP contribution in [0.15, 0.2) is 60.2 Å². The van der Waals surface area contributed by atoms with E-state index in [4.69, 9.17) is 5.26 Å². The monoisotopic (exact) mass is 534 g/mol. The van der Waals surface area contributed by atoms with Crippen molar-refractivity contribution < 1.29 is 14.7 Å². The quantitative estimate of drug-likeness (QED) is 0.188. The van der Waals surface area contributed by atoms with E-state index in [1.807, 2.05) is 6.07 Å². The highest BCUT2D eigenvalue weighted by Crippen LogP contribution is 2.54. The number of fused-ring (bicyclic) bond motifs is 6. The number of benzene rings is 2. The van der Waals surface area contributed by atoms with Gasteiger partial charge in [0, 0.05) is 44.2 Å². The molecule has 2 aliphatic carbocycles. The summed E-state index contributed by atoms with van der Waals surface area (Å²) < 4.78 is 0. The van der Waals surface area contributed by atoms with Crippen molar-refractivity contribution in [3.63, 3.8) is 0 Å². The van der Waals surface area contributed by atoms with Gasteiger partial charge < -0.3 is 10.0 Å². The van der Waals surface area contributed by atoms with Crippen LogP contribution in [0.2, 0.25) is 0 Å². The smallest absolute Gasteiger partial charge is 0.346 e. The van der Waals surface area contributed by atoms with Crippen LogP contribution >= 0.6 is 22.7 Å². The number of anilines is 2. The minimum Gasteiger partial charge on any atom is -0.477 e. The van der Waals surface area contributed by atoms with Crippen molar-refractivity contribution in [3.8, 4) is 26.3 Å². The first-order chi connectivity index (χ1) is 18.4. The Morgan fingerprint density at radius 1 is 1.05 bits per heavy atom. The standard InChI is InChI=1S/C31H22N2O3S2/c1-16-5-8-19(9-6-16)33-25-4-2-3-21(25)22-12-17(7-10-26(22)33)27-14-24-28(34)23-13-20(11-18(15-32)31(35)36)37-29(23)30(24)38-27/h5-14,21,25H,2-4H2,1H3,(H,35,36). The van der Waals surface area contributed by atoms with Crippen LogP contribution < -0.4 is 4.90 Å². The normalized spacial score (nSPS) is 19.2. The Hall–Kier alpha value is -3.99. The van der Waals surface area contributed by atoms with Crippen LogP contribution in [0.25, 0.3) is 26.3 Å². The molecule has 0 amide bonds. The number of aryl methyl sites for hydroxylation is 1. The fourth-order valence-electron chi connectivity index (χ4n) is 6.17. The molecular weight excluding hydrogens is 512 g/mol. The molecule has 5 nitrogen and oxygen atoms in total. The van der Waals surface area contributed by atoms with Crippen molar-refractivity contribution in [1.29, 1.82) is 5.26 Å². The van der Waals surface area contributed by atoms with E-state index in [0.29, 0.717) is 28.0 Å². The fourth-order valence-corrected chi connectivity index (χ4v) is 8.58. The molecule has 2 unspecified atom stereocenters. The van der Waals surface area contributed by atoms with Gasteiger partial charge in [0.15, 0.2) is 5.78 Å². The van der Waals surface area contributed by atoms with E-state index < -0.39 is 5.97 Å². The van der Waals surface area contributed by atoms with Gasteiger partial charge in [0.05, 0.1) is 9.75 Å². The van der Waals surface area contributed by atoms with E-state index in [0.717, 1.165) is 20.2 Å². The first kappa shape index (κ1) is 23.2. The number of hydrogen-bond donors (Lipinski definition) is 1. The second-order valence-electron chi connectivity index (χ2n) is 10.1. The molecule has 1 saturated carbocycles. The topological polar surface area (TPSA) is 81.4 Å². The third kappa shape index (κ3) is 3.41. The molecule has 7 heteroatoms. The summed E-state index contributed by atoms with van der Waals surface area (Å²) in [5.74, 6) is -0.792. The molecule has 0 spiro atoms. The third-order valence-corrected chi connectivity index (χ3v) is 10.3. The predicted molar refractivity (Wildman–Crippen MR) is 151 cm³/mol. The van der Waals surface area contributed by atoms with E-state index in [1.165, 1.54) is 59.2 Å². The van der Waals surface area contributed by atoms with E-state index in [1.54, 1.807) is 23.5 Å². The highest BCUT2D eigenvalue weighted by Gasteiger charge is 2.42. The molecule has 0 bridgehead atoms. The second-order valence-corrected chi connectivity index (χ2v) is 12.3. The van der Waals surface area contributed by atoms with Crippen LogP contribution in [-0.4, -0.2) is 22.9 Å². The summed E-state index contributed by atoms with van der Waals surface area (Å²) in [5.41, 5.74) is 7.28. The van der Waals surface area contributed by atoms with Crippen LogP contribution in [0.4, 0.5) is 11.4 Å². The summed E-state index contributed by atoms with van der Waals surface area (Å²) in [6, 6.07) is 21.4. The summed E-state index contributed by atoms with van der Waals surface area (Å²) in [5, 5.41) is 18.3. The molecule has 7 rings (SSSR count). The second kappa shape index (κ2) is 8.52. The van der Waals surface area contributed by atoms with Gasteiger partial charge in [-0.25, -0.2) is 4.79 Å². The van der Waals surface area contributed by atoms with Crippen LogP contribution in [0.1, 0.15) is 57.1 Å². The zero-order valence-corrected chi connectivity index (χ0v) is 22.2. The van der Waals surface area contributed by atoms with Gasteiger partial charge in [-0.3, -0.25) is 4.79 Å². The highest BCUT2D eigenvalue weighted by atomic mass is 32.1. The maximum absolute atomic E-state index is 13.2. The molecule has 1 fully saturated rings. The molecule has 38 heavy (non-hydrogen) atoms. The summed E-state index contributed by atoms with van der Waals surface area (Å²) in [7, 11) is 0. The first-order valence-electron chi connectivity index (χ1n) is 12.6. The summed E-state index contributed by atoms with van der Waals surface area (Å²) in [4.78, 5) is 30.4. The van der Waals surface area contributed by atoms with Gasteiger partial charge in [-0.2, -0.15) is 5.26 Å². The van der Waals surface area contributed by atoms with Crippen molar-refractivity contribution in [3.05, 3.63) is 87.3 Å². The number of nitrogens with zero attached hydrogens (tertiary/aromatic N) is 2. The minimum atomic E-state index is -1.27. The Balaban J connectivity index is 1.26. The number of thiophene rings is 2. The first-order valence-corrected chi connectivity index (χ1v) is 14.2. The van der Waals surface area contributed by atoms with Crippen molar-refractivity contribution in [2.75, 3.05) is 4.90 Å². The minimum absolute atomic E-state index is 0.0372. The highest BCUT2D eigenvalue weighted by molar-refractivity contribution is 7.25. The van der Waals surface area contributed by atoms with Gasteiger partial charge in [-0.1, -0.05) is 30.2 Å². The Bertz CT molecular complexity index is 1740. The lowest BCUT2D eigenvalue weighted by Gasteiger charge is -2.27. The van der Waals surface area contributed by atoms with Crippen LogP contribution in [0.3, 0.4) is 0 Å². The van der Waals surface area contributed by atoms with Crippen molar-refractivity contribution in [2.45, 2.75) is 38.1 Å². The SMILES string of the molecule is Cc1ccc(N2c3ccc(-c4cc5c(s4)-c4sc(C=C(C#N)C(=O)O)cc4C5=O)cc3C3CCCC32)cc1. The lowest BCUT2D eigenvalue weighted by Crippen LogP contribution is -2.26. The van der Waals surface area contributed by atoms with Gasteiger partial charge in [-0.15, -0.1) is 22.7 Å². The number of carbonyl (C=O) groups excluding carboxylic acids is 1. The summed E-state index contributed by atoms with van der Waals surface area (Å²) >= 11 is 2.97. The summed E-state index contributed by atoms with van der Waals surface area (Å²) in [6.07, 6.45) is 4.96. The lowest BCUT2D eigenvalue weighted by molar-refractivity contribution is -0.132. The molecule has 2 aromatic carbocycles. The molecule has 0 radical (unpaired) electrons. The predicted octanol–water partition coefficient (Wildman–Crippen LogP) is 7.78. The van der Waals surface area contributed by atoms with E-state index in [2.05, 4.69) is 54.3 Å². The van der Waals surface area contributed by atoms with E-state index >= 15 is 0 Å². The van der Waals surface area contributed by atoms with Crippen LogP contribution in [-0.2, 0) is 4.79 Å². The number of aliphatic carboxylic acids is 1. The number of rotatable bonds is 4. The molecule has 1 aliphatic heterocycles. The molecule has 2 atom stereocenters. The van der Waals surface area contributed by atoms with Crippen molar-refractivity contribution >= 4 is 51.9 Å². The lowest BCUT2D eigenvalue weighted by atomic mass is 9.95. The van der Waals surface area contributed by atoms with E-state index in [9.17, 15) is 14.7 Å². The van der Waals surface area contributed by atoms with E-state index in [-0.39, 0.29) is 11.4 Å². The Morgan fingerprint density at radius 2 is 1.82 bits per heavy atom. The molecule has 0 saturated heterocycles. The van der Waals surface area contributed by atoms with Gasteiger partial charge in [0.2, 0.25) is 0 Å². The number of carbonyl (C=O) groups is 2. The molecule has 1 N–H and O–H groups in total. The number of ketones is 1.